The first-order chi connectivity index (χ1) is 9.66. The SMILES string of the molecule is Nc1cc(F)ccc1C(=O)N1CCCC1c1ccsc1. The molecule has 0 bridgehead atoms. The van der Waals surface area contributed by atoms with Gasteiger partial charge in [-0.1, -0.05) is 0 Å². The number of nitrogens with two attached hydrogens (primary N) is 1. The predicted molar refractivity (Wildman–Crippen MR) is 78.1 cm³/mol. The first-order valence-corrected chi connectivity index (χ1v) is 7.49. The molecule has 1 aliphatic rings. The maximum absolute atomic E-state index is 13.1. The van der Waals surface area contributed by atoms with Crippen LogP contribution in [0.3, 0.4) is 0 Å². The number of amides is 1. The fourth-order valence-electron chi connectivity index (χ4n) is 2.70. The van der Waals surface area contributed by atoms with Gasteiger partial charge in [0.2, 0.25) is 0 Å². The number of rotatable bonds is 2. The van der Waals surface area contributed by atoms with Gasteiger partial charge in [-0.15, -0.1) is 0 Å². The van der Waals surface area contributed by atoms with E-state index in [1.165, 1.54) is 23.8 Å². The molecule has 0 aliphatic carbocycles. The van der Waals surface area contributed by atoms with Gasteiger partial charge < -0.3 is 10.6 Å². The molecular weight excluding hydrogens is 275 g/mol. The molecule has 5 heteroatoms. The van der Waals surface area contributed by atoms with Crippen LogP contribution in [0.5, 0.6) is 0 Å². The summed E-state index contributed by atoms with van der Waals surface area (Å²) in [5.41, 5.74) is 7.52. The van der Waals surface area contributed by atoms with Crippen molar-refractivity contribution >= 4 is 22.9 Å². The lowest BCUT2D eigenvalue weighted by molar-refractivity contribution is 0.0737. The second-order valence-electron chi connectivity index (χ2n) is 4.94. The topological polar surface area (TPSA) is 46.3 Å². The highest BCUT2D eigenvalue weighted by Gasteiger charge is 2.31. The number of likely N-dealkylation sites (tertiary alicyclic amines) is 1. The molecule has 104 valence electrons. The summed E-state index contributed by atoms with van der Waals surface area (Å²) in [7, 11) is 0. The molecule has 1 aromatic carbocycles. The fourth-order valence-corrected chi connectivity index (χ4v) is 3.41. The summed E-state index contributed by atoms with van der Waals surface area (Å²) in [4.78, 5) is 14.5. The van der Waals surface area contributed by atoms with Gasteiger partial charge in [-0.25, -0.2) is 4.39 Å². The quantitative estimate of drug-likeness (QED) is 0.861. The Morgan fingerprint density at radius 2 is 2.25 bits per heavy atom. The first kappa shape index (κ1) is 13.1. The third kappa shape index (κ3) is 2.29. The molecule has 0 saturated carbocycles. The number of anilines is 1. The molecule has 0 radical (unpaired) electrons. The molecule has 3 nitrogen and oxygen atoms in total. The second-order valence-corrected chi connectivity index (χ2v) is 5.72. The molecule has 1 amide bonds. The summed E-state index contributed by atoms with van der Waals surface area (Å²) in [6.45, 7) is 0.718. The van der Waals surface area contributed by atoms with Crippen LogP contribution in [0.2, 0.25) is 0 Å². The van der Waals surface area contributed by atoms with E-state index in [4.69, 9.17) is 5.73 Å². The largest absolute Gasteiger partial charge is 0.398 e. The van der Waals surface area contributed by atoms with Crippen LogP contribution in [0.1, 0.15) is 34.8 Å². The van der Waals surface area contributed by atoms with Crippen LogP contribution in [0.25, 0.3) is 0 Å². The van der Waals surface area contributed by atoms with E-state index in [1.807, 2.05) is 10.3 Å². The third-order valence-corrected chi connectivity index (χ3v) is 4.39. The number of halogens is 1. The molecule has 0 spiro atoms. The van der Waals surface area contributed by atoms with Crippen molar-refractivity contribution in [1.82, 2.24) is 4.90 Å². The highest BCUT2D eigenvalue weighted by atomic mass is 32.1. The number of benzene rings is 1. The van der Waals surface area contributed by atoms with Gasteiger partial charge in [0.1, 0.15) is 5.82 Å². The molecule has 1 unspecified atom stereocenters. The van der Waals surface area contributed by atoms with Crippen LogP contribution in [-0.2, 0) is 0 Å². The summed E-state index contributed by atoms with van der Waals surface area (Å²) in [6.07, 6.45) is 1.94. The number of carbonyl (C=O) groups excluding carboxylic acids is 1. The normalized spacial score (nSPS) is 18.4. The number of thiophene rings is 1. The summed E-state index contributed by atoms with van der Waals surface area (Å²) >= 11 is 1.63. The highest BCUT2D eigenvalue weighted by Crippen LogP contribution is 2.34. The lowest BCUT2D eigenvalue weighted by Crippen LogP contribution is -2.31. The standard InChI is InChI=1S/C15H15FN2OS/c16-11-3-4-12(13(17)8-11)15(19)18-6-1-2-14(18)10-5-7-20-9-10/h3-5,7-9,14H,1-2,6,17H2. The van der Waals surface area contributed by atoms with Crippen molar-refractivity contribution in [3.63, 3.8) is 0 Å². The summed E-state index contributed by atoms with van der Waals surface area (Å²) in [5, 5.41) is 4.09. The Morgan fingerprint density at radius 1 is 1.40 bits per heavy atom. The molecule has 3 rings (SSSR count). The minimum Gasteiger partial charge on any atom is -0.398 e. The smallest absolute Gasteiger partial charge is 0.256 e. The van der Waals surface area contributed by atoms with Gasteiger partial charge in [0, 0.05) is 12.2 Å². The van der Waals surface area contributed by atoms with E-state index < -0.39 is 5.82 Å². The second kappa shape index (κ2) is 5.25. The Balaban J connectivity index is 1.89. The summed E-state index contributed by atoms with van der Waals surface area (Å²) in [5.74, 6) is -0.536. The number of nitrogen functional groups attached to an aromatic ring is 1. The number of carbonyl (C=O) groups is 1. The van der Waals surface area contributed by atoms with E-state index in [9.17, 15) is 9.18 Å². The molecule has 1 aromatic heterocycles. The van der Waals surface area contributed by atoms with Crippen molar-refractivity contribution in [2.24, 2.45) is 0 Å². The monoisotopic (exact) mass is 290 g/mol. The van der Waals surface area contributed by atoms with Gasteiger partial charge in [0.15, 0.2) is 0 Å². The molecule has 1 atom stereocenters. The maximum atomic E-state index is 13.1. The predicted octanol–water partition coefficient (Wildman–Crippen LogP) is 3.45. The Hall–Kier alpha value is -1.88. The van der Waals surface area contributed by atoms with E-state index in [2.05, 4.69) is 11.4 Å². The highest BCUT2D eigenvalue weighted by molar-refractivity contribution is 7.07. The van der Waals surface area contributed by atoms with Gasteiger partial charge in [-0.3, -0.25) is 4.79 Å². The Bertz CT molecular complexity index is 627. The minimum absolute atomic E-state index is 0.109. The van der Waals surface area contributed by atoms with Gasteiger partial charge in [0.05, 0.1) is 11.6 Å². The van der Waals surface area contributed by atoms with Gasteiger partial charge in [-0.2, -0.15) is 11.3 Å². The van der Waals surface area contributed by atoms with E-state index in [0.29, 0.717) is 5.56 Å². The molecule has 1 aliphatic heterocycles. The van der Waals surface area contributed by atoms with E-state index in [0.717, 1.165) is 19.4 Å². The van der Waals surface area contributed by atoms with Crippen LogP contribution in [-0.4, -0.2) is 17.4 Å². The summed E-state index contributed by atoms with van der Waals surface area (Å²) < 4.78 is 13.1. The molecule has 2 aromatic rings. The molecule has 20 heavy (non-hydrogen) atoms. The molecule has 1 fully saturated rings. The minimum atomic E-state index is -0.421. The zero-order valence-corrected chi connectivity index (χ0v) is 11.7. The van der Waals surface area contributed by atoms with Gasteiger partial charge in [-0.05, 0) is 53.4 Å². The van der Waals surface area contributed by atoms with Crippen LogP contribution >= 0.6 is 11.3 Å². The van der Waals surface area contributed by atoms with Crippen molar-refractivity contribution < 1.29 is 9.18 Å². The Kier molecular flexibility index (Phi) is 3.44. The van der Waals surface area contributed by atoms with E-state index >= 15 is 0 Å². The fraction of sp³-hybridized carbons (Fsp3) is 0.267. The van der Waals surface area contributed by atoms with E-state index in [1.54, 1.807) is 11.3 Å². The molecule has 1 saturated heterocycles. The van der Waals surface area contributed by atoms with E-state index in [-0.39, 0.29) is 17.6 Å². The van der Waals surface area contributed by atoms with Gasteiger partial charge in [0.25, 0.3) is 5.91 Å². The van der Waals surface area contributed by atoms with Crippen LogP contribution in [0.4, 0.5) is 10.1 Å². The molecule has 2 heterocycles. The maximum Gasteiger partial charge on any atom is 0.256 e. The number of hydrogen-bond acceptors (Lipinski definition) is 3. The van der Waals surface area contributed by atoms with Crippen molar-refractivity contribution in [2.45, 2.75) is 18.9 Å². The molecular formula is C15H15FN2OS. The zero-order valence-electron chi connectivity index (χ0n) is 10.9. The van der Waals surface area contributed by atoms with Crippen LogP contribution in [0, 0.1) is 5.82 Å². The van der Waals surface area contributed by atoms with Crippen molar-refractivity contribution in [1.29, 1.82) is 0 Å². The first-order valence-electron chi connectivity index (χ1n) is 6.55. The molecule has 2 N–H and O–H groups in total. The number of nitrogens with zero attached hydrogens (tertiary/aromatic N) is 1. The lowest BCUT2D eigenvalue weighted by Gasteiger charge is -2.24. The Labute approximate surface area is 120 Å². The van der Waals surface area contributed by atoms with Crippen LogP contribution < -0.4 is 5.73 Å². The summed E-state index contributed by atoms with van der Waals surface area (Å²) in [6, 6.07) is 6.10. The number of hydrogen-bond donors (Lipinski definition) is 1. The van der Waals surface area contributed by atoms with Crippen molar-refractivity contribution in [3.8, 4) is 0 Å². The van der Waals surface area contributed by atoms with Gasteiger partial charge >= 0.3 is 0 Å². The van der Waals surface area contributed by atoms with Crippen LogP contribution in [0.15, 0.2) is 35.0 Å². The Morgan fingerprint density at radius 3 is 2.95 bits per heavy atom. The third-order valence-electron chi connectivity index (χ3n) is 3.69. The lowest BCUT2D eigenvalue weighted by atomic mass is 10.1. The average Bonchev–Trinajstić information content (AvgIpc) is 3.09. The van der Waals surface area contributed by atoms with Crippen molar-refractivity contribution in [2.75, 3.05) is 12.3 Å². The average molecular weight is 290 g/mol. The van der Waals surface area contributed by atoms with Crippen molar-refractivity contribution in [3.05, 3.63) is 52.0 Å². The zero-order chi connectivity index (χ0) is 14.1.